The van der Waals surface area contributed by atoms with Gasteiger partial charge in [-0.3, -0.25) is 9.13 Å². The second-order valence-corrected chi connectivity index (χ2v) is 7.48. The average Bonchev–Trinajstić information content (AvgIpc) is 2.36. The van der Waals surface area contributed by atoms with Crippen LogP contribution in [0.5, 0.6) is 0 Å². The highest BCUT2D eigenvalue weighted by Crippen LogP contribution is 2.40. The predicted octanol–water partition coefficient (Wildman–Crippen LogP) is 1.18. The van der Waals surface area contributed by atoms with E-state index in [-0.39, 0.29) is 16.0 Å². The van der Waals surface area contributed by atoms with Gasteiger partial charge >= 0.3 is 15.2 Å². The molecule has 0 aliphatic rings. The van der Waals surface area contributed by atoms with Gasteiger partial charge in [0.25, 0.3) is 0 Å². The number of thiocarbonyl (C=S) groups is 1. The molecule has 7 nitrogen and oxygen atoms in total. The fourth-order valence-corrected chi connectivity index (χ4v) is 3.32. The third-order valence-corrected chi connectivity index (χ3v) is 4.83. The Hall–Kier alpha value is -1.20. The Balaban J connectivity index is 2.94. The molecule has 4 N–H and O–H groups in total. The largest absolute Gasteiger partial charge is 0.356 e. The van der Waals surface area contributed by atoms with Crippen LogP contribution in [0, 0.1) is 0 Å². The summed E-state index contributed by atoms with van der Waals surface area (Å²) in [6, 6.07) is 6.06. The molecule has 0 amide bonds. The number of hydrogen-bond acceptors (Lipinski definition) is 4. The standard InChI is InChI=1S/C11H9NO6P2S/c13-19(14,15)7-1-2-8-9(5-7)11(20(16,17)18)4-3-10(8)12-6-21/h1-5H,(H2,13,14,15)(H2,16,17,18). The SMILES string of the molecule is O=P(O)(O)c1ccc2c(N=C=S)ccc(P(=O)(O)O)c2c1. The van der Waals surface area contributed by atoms with Crippen LogP contribution >= 0.6 is 27.4 Å². The molecule has 2 aromatic carbocycles. The number of rotatable bonds is 3. The Morgan fingerprint density at radius 1 is 0.952 bits per heavy atom. The summed E-state index contributed by atoms with van der Waals surface area (Å²) in [6.45, 7) is 0. The monoisotopic (exact) mass is 345 g/mol. The lowest BCUT2D eigenvalue weighted by Gasteiger charge is -2.12. The van der Waals surface area contributed by atoms with Gasteiger partial charge in [-0.05, 0) is 36.5 Å². The molecule has 0 unspecified atom stereocenters. The van der Waals surface area contributed by atoms with Crippen molar-refractivity contribution in [1.82, 2.24) is 0 Å². The van der Waals surface area contributed by atoms with Crippen LogP contribution in [0.2, 0.25) is 0 Å². The molecule has 0 bridgehead atoms. The van der Waals surface area contributed by atoms with Crippen molar-refractivity contribution in [3.63, 3.8) is 0 Å². The van der Waals surface area contributed by atoms with Crippen LogP contribution in [-0.2, 0) is 9.13 Å². The average molecular weight is 345 g/mol. The number of nitrogens with zero attached hydrogens (tertiary/aromatic N) is 1. The molecule has 0 radical (unpaired) electrons. The van der Waals surface area contributed by atoms with Crippen molar-refractivity contribution in [2.45, 2.75) is 0 Å². The third kappa shape index (κ3) is 3.35. The molecular formula is C11H9NO6P2S. The fraction of sp³-hybridized carbons (Fsp3) is 0. The lowest BCUT2D eigenvalue weighted by molar-refractivity contribution is 0.385. The maximum absolute atomic E-state index is 11.5. The maximum atomic E-state index is 11.5. The first kappa shape index (κ1) is 16.2. The maximum Gasteiger partial charge on any atom is 0.356 e. The molecular weight excluding hydrogens is 336 g/mol. The van der Waals surface area contributed by atoms with Crippen molar-refractivity contribution in [3.05, 3.63) is 30.3 Å². The third-order valence-electron chi connectivity index (χ3n) is 2.77. The van der Waals surface area contributed by atoms with Gasteiger partial charge in [0, 0.05) is 10.8 Å². The summed E-state index contributed by atoms with van der Waals surface area (Å²) in [5.74, 6) is 0. The zero-order valence-electron chi connectivity index (χ0n) is 10.2. The van der Waals surface area contributed by atoms with Crippen LogP contribution in [0.1, 0.15) is 0 Å². The number of aliphatic imine (C=N–C) groups is 1. The molecule has 0 saturated carbocycles. The van der Waals surface area contributed by atoms with Gasteiger partial charge in [0.1, 0.15) is 0 Å². The van der Waals surface area contributed by atoms with Crippen molar-refractivity contribution in [1.29, 1.82) is 0 Å². The molecule has 0 spiro atoms. The van der Waals surface area contributed by atoms with Crippen molar-refractivity contribution in [2.24, 2.45) is 4.99 Å². The van der Waals surface area contributed by atoms with Crippen LogP contribution in [-0.4, -0.2) is 24.7 Å². The molecule has 10 heteroatoms. The Morgan fingerprint density at radius 2 is 1.62 bits per heavy atom. The van der Waals surface area contributed by atoms with Gasteiger partial charge < -0.3 is 19.6 Å². The molecule has 0 aliphatic heterocycles. The molecule has 0 fully saturated rings. The highest BCUT2D eigenvalue weighted by Gasteiger charge is 2.24. The van der Waals surface area contributed by atoms with Gasteiger partial charge in [-0.15, -0.1) is 0 Å². The van der Waals surface area contributed by atoms with Crippen molar-refractivity contribution in [2.75, 3.05) is 0 Å². The molecule has 0 aromatic heterocycles. The van der Waals surface area contributed by atoms with E-state index in [1.54, 1.807) is 0 Å². The summed E-state index contributed by atoms with van der Waals surface area (Å²) in [6.07, 6.45) is 0. The van der Waals surface area contributed by atoms with Crippen LogP contribution in [0.15, 0.2) is 35.3 Å². The van der Waals surface area contributed by atoms with Gasteiger partial charge in [0.2, 0.25) is 0 Å². The van der Waals surface area contributed by atoms with E-state index in [2.05, 4.69) is 22.4 Å². The predicted molar refractivity (Wildman–Crippen MR) is 82.0 cm³/mol. The second-order valence-electron chi connectivity index (χ2n) is 4.12. The minimum absolute atomic E-state index is 0.00987. The zero-order chi connectivity index (χ0) is 15.8. The van der Waals surface area contributed by atoms with E-state index < -0.39 is 15.2 Å². The Labute approximate surface area is 124 Å². The lowest BCUT2D eigenvalue weighted by Crippen LogP contribution is -2.10. The van der Waals surface area contributed by atoms with Gasteiger partial charge in [0.15, 0.2) is 0 Å². The second kappa shape index (κ2) is 5.54. The summed E-state index contributed by atoms with van der Waals surface area (Å²) in [5, 5.41) is 1.78. The minimum atomic E-state index is -4.62. The summed E-state index contributed by atoms with van der Waals surface area (Å²) in [4.78, 5) is 40.8. The normalized spacial score (nSPS) is 12.2. The lowest BCUT2D eigenvalue weighted by atomic mass is 10.1. The first-order chi connectivity index (χ1) is 9.64. The van der Waals surface area contributed by atoms with Crippen LogP contribution in [0.25, 0.3) is 10.8 Å². The first-order valence-electron chi connectivity index (χ1n) is 5.41. The van der Waals surface area contributed by atoms with Crippen LogP contribution in [0.3, 0.4) is 0 Å². The van der Waals surface area contributed by atoms with E-state index in [4.69, 9.17) is 0 Å². The summed E-state index contributed by atoms with van der Waals surface area (Å²) in [5.41, 5.74) is 0.300. The molecule has 0 heterocycles. The Morgan fingerprint density at radius 3 is 2.14 bits per heavy atom. The highest BCUT2D eigenvalue weighted by atomic mass is 32.1. The quantitative estimate of drug-likeness (QED) is 0.374. The first-order valence-corrected chi connectivity index (χ1v) is 9.05. The molecule has 21 heavy (non-hydrogen) atoms. The van der Waals surface area contributed by atoms with E-state index in [0.29, 0.717) is 11.1 Å². The van der Waals surface area contributed by atoms with Gasteiger partial charge in [0.05, 0.1) is 21.5 Å². The van der Waals surface area contributed by atoms with E-state index in [1.807, 2.05) is 0 Å². The van der Waals surface area contributed by atoms with Crippen molar-refractivity contribution in [3.8, 4) is 0 Å². The Kier molecular flexibility index (Phi) is 4.26. The molecule has 110 valence electrons. The Bertz CT molecular complexity index is 864. The molecule has 0 atom stereocenters. The van der Waals surface area contributed by atoms with E-state index in [1.165, 1.54) is 18.2 Å². The fourth-order valence-electron chi connectivity index (χ4n) is 1.89. The van der Waals surface area contributed by atoms with Gasteiger partial charge in [-0.2, -0.15) is 4.99 Å². The molecule has 0 saturated heterocycles. The molecule has 0 aliphatic carbocycles. The minimum Gasteiger partial charge on any atom is -0.321 e. The van der Waals surface area contributed by atoms with Crippen LogP contribution < -0.4 is 10.6 Å². The van der Waals surface area contributed by atoms with E-state index in [9.17, 15) is 28.7 Å². The summed E-state index contributed by atoms with van der Waals surface area (Å²) >= 11 is 4.49. The van der Waals surface area contributed by atoms with E-state index in [0.717, 1.165) is 12.1 Å². The zero-order valence-corrected chi connectivity index (χ0v) is 12.8. The summed E-state index contributed by atoms with van der Waals surface area (Å²) < 4.78 is 22.8. The van der Waals surface area contributed by atoms with Crippen LogP contribution in [0.4, 0.5) is 5.69 Å². The number of fused-ring (bicyclic) bond motifs is 1. The number of isothiocyanates is 1. The number of benzene rings is 2. The topological polar surface area (TPSA) is 127 Å². The molecule has 2 rings (SSSR count). The molecule has 2 aromatic rings. The van der Waals surface area contributed by atoms with Crippen molar-refractivity contribution < 1.29 is 28.7 Å². The van der Waals surface area contributed by atoms with E-state index >= 15 is 0 Å². The number of hydrogen-bond donors (Lipinski definition) is 4. The highest BCUT2D eigenvalue weighted by molar-refractivity contribution is 7.78. The van der Waals surface area contributed by atoms with Crippen molar-refractivity contribution >= 4 is 59.6 Å². The van der Waals surface area contributed by atoms with Gasteiger partial charge in [-0.1, -0.05) is 6.07 Å². The van der Waals surface area contributed by atoms with Gasteiger partial charge in [-0.25, -0.2) is 0 Å². The smallest absolute Gasteiger partial charge is 0.321 e. The summed E-state index contributed by atoms with van der Waals surface area (Å²) in [7, 11) is -9.16.